The first-order chi connectivity index (χ1) is 42.2. The molecule has 4 aromatic carbocycles. The summed E-state index contributed by atoms with van der Waals surface area (Å²) in [6, 6.07) is 46.9. The highest BCUT2D eigenvalue weighted by atomic mass is 35.5. The van der Waals surface area contributed by atoms with Crippen LogP contribution in [0.4, 0.5) is 0 Å². The SMILES string of the molecule is C=Cc1ccccc1.CCC.CCC1CCCC1.CCCC=O.CCCNC.CCN1CCCC1.CCNC.CCOC.CCc1ccc(C)cc1.CCc1ccccc1.CCc1ccccn1.CCc1cccnc1.CSC.Cc1cccc(Cl)c1. The van der Waals surface area contributed by atoms with Crippen molar-refractivity contribution in [3.8, 4) is 0 Å². The zero-order valence-electron chi connectivity index (χ0n) is 59.2. The van der Waals surface area contributed by atoms with Crippen molar-refractivity contribution in [2.24, 2.45) is 5.92 Å². The molecule has 1 saturated heterocycles. The average molecular weight is 1240 g/mol. The molecular weight excluding hydrogens is 1110 g/mol. The molecule has 0 atom stereocenters. The second kappa shape index (κ2) is 81.1. The molecule has 2 N–H and O–H groups in total. The number of rotatable bonds is 13. The Morgan fingerprint density at radius 2 is 1.13 bits per heavy atom. The number of carbonyl (C=O) groups is 1. The summed E-state index contributed by atoms with van der Waals surface area (Å²) in [6.07, 6.45) is 31.2. The number of pyridine rings is 2. The Balaban J connectivity index is -0.000000205. The van der Waals surface area contributed by atoms with Crippen molar-refractivity contribution in [2.45, 2.75) is 193 Å². The molecule has 0 bridgehead atoms. The van der Waals surface area contributed by atoms with Gasteiger partial charge in [0.2, 0.25) is 0 Å². The Morgan fingerprint density at radius 1 is 0.621 bits per heavy atom. The van der Waals surface area contributed by atoms with E-state index in [-0.39, 0.29) is 0 Å². The van der Waals surface area contributed by atoms with Crippen LogP contribution < -0.4 is 10.6 Å². The van der Waals surface area contributed by atoms with E-state index < -0.39 is 0 Å². The molecule has 494 valence electrons. The van der Waals surface area contributed by atoms with Gasteiger partial charge in [-0.3, -0.25) is 9.97 Å². The minimum absolute atomic E-state index is 0.708. The second-order valence-electron chi connectivity index (χ2n) is 20.1. The predicted octanol–water partition coefficient (Wildman–Crippen LogP) is 21.6. The lowest BCUT2D eigenvalue weighted by Gasteiger charge is -2.08. The number of aryl methyl sites for hydroxylation is 6. The van der Waals surface area contributed by atoms with Gasteiger partial charge >= 0.3 is 0 Å². The number of unbranched alkanes of at least 4 members (excludes halogenated alkanes) is 1. The van der Waals surface area contributed by atoms with Gasteiger partial charge in [-0.05, 0) is 196 Å². The minimum atomic E-state index is 0.708. The second-order valence-corrected chi connectivity index (χ2v) is 21.4. The van der Waals surface area contributed by atoms with Gasteiger partial charge < -0.3 is 25.1 Å². The number of carbonyl (C=O) groups excluding carboxylic acids is 1. The van der Waals surface area contributed by atoms with E-state index >= 15 is 0 Å². The van der Waals surface area contributed by atoms with Crippen LogP contribution in [0.15, 0.2) is 165 Å². The van der Waals surface area contributed by atoms with E-state index in [1.165, 1.54) is 111 Å². The van der Waals surface area contributed by atoms with Gasteiger partial charge in [0.05, 0.1) is 0 Å². The van der Waals surface area contributed by atoms with Crippen LogP contribution in [0.3, 0.4) is 0 Å². The Kier molecular flexibility index (Phi) is 86.9. The third-order valence-corrected chi connectivity index (χ3v) is 12.5. The van der Waals surface area contributed by atoms with Crippen molar-refractivity contribution in [3.63, 3.8) is 0 Å². The lowest BCUT2D eigenvalue weighted by molar-refractivity contribution is -0.107. The zero-order valence-corrected chi connectivity index (χ0v) is 60.8. The molecule has 7 nitrogen and oxygen atoms in total. The normalized spacial score (nSPS) is 10.9. The van der Waals surface area contributed by atoms with Crippen LogP contribution in [-0.2, 0) is 35.2 Å². The first kappa shape index (κ1) is 93.2. The molecular formula is C78H132ClN5O2S. The molecule has 0 amide bonds. The summed E-state index contributed by atoms with van der Waals surface area (Å²) in [5.41, 5.74) is 9.00. The van der Waals surface area contributed by atoms with Gasteiger partial charge in [0.25, 0.3) is 0 Å². The Hall–Kier alpha value is -4.93. The minimum Gasteiger partial charge on any atom is -0.385 e. The number of benzene rings is 4. The number of likely N-dealkylation sites (tertiary alicyclic amines) is 1. The molecule has 2 aliphatic rings. The number of hydrogen-bond acceptors (Lipinski definition) is 8. The van der Waals surface area contributed by atoms with E-state index in [1.54, 1.807) is 25.1 Å². The highest BCUT2D eigenvalue weighted by Gasteiger charge is 2.11. The van der Waals surface area contributed by atoms with Gasteiger partial charge in [-0.15, -0.1) is 0 Å². The molecule has 6 aromatic rings. The third-order valence-electron chi connectivity index (χ3n) is 12.3. The standard InChI is InChI=1S/C9H12.C8H10.C8H8.C7H7Cl.2C7H9N.C7H14.C6H13N.C4H11N.C4H8O.C3H9N.C3H8O.C3H8.C2H6S/c1-3-9-6-4-8(2)5-7-9;2*1-2-8-6-4-3-5-7-8;1-6-3-2-4-7(8)5-6;1-2-7-4-3-5-8-6-7;1-2-7-5-3-4-6-8-7;2*1-2-7-5-3-4-6-7;1-3-4-5-2;1-2-3-4-5;2*1-3-4-2;2*1-3-2/h4-7H,3H2,1-2H3;3-7H,2H2,1H3;2-7H,1H2;2-5H,1H3;2*3-6H,2H2,1H3;7H,2-6H2,1H3;2-6H2,1H3;5H,3-4H2,1-2H3;4H,2-3H2,1H3;4H,3H2,1-2H3;3H2,1-2H3;3H2,1-2H3;1-2H3. The molecule has 0 unspecified atom stereocenters. The van der Waals surface area contributed by atoms with Crippen molar-refractivity contribution < 1.29 is 9.53 Å². The average Bonchev–Trinajstić information content (AvgIpc) is 4.37. The van der Waals surface area contributed by atoms with Crippen molar-refractivity contribution in [3.05, 3.63) is 209 Å². The van der Waals surface area contributed by atoms with Gasteiger partial charge in [-0.25, -0.2) is 0 Å². The molecule has 1 aliphatic heterocycles. The molecule has 8 rings (SSSR count). The van der Waals surface area contributed by atoms with Gasteiger partial charge in [-0.1, -0.05) is 254 Å². The van der Waals surface area contributed by atoms with Gasteiger partial charge in [0, 0.05) is 49.4 Å². The largest absolute Gasteiger partial charge is 0.385 e. The lowest BCUT2D eigenvalue weighted by atomic mass is 10.1. The number of aromatic nitrogens is 2. The number of nitrogens with one attached hydrogen (secondary N) is 2. The maximum absolute atomic E-state index is 9.40. The number of thioether (sulfide) groups is 1. The number of nitrogens with zero attached hydrogens (tertiary/aromatic N) is 3. The van der Waals surface area contributed by atoms with Crippen LogP contribution >= 0.6 is 23.4 Å². The number of halogens is 1. The molecule has 0 spiro atoms. The first-order valence-electron chi connectivity index (χ1n) is 32.8. The van der Waals surface area contributed by atoms with Crippen LogP contribution in [-0.4, -0.2) is 94.2 Å². The van der Waals surface area contributed by atoms with Gasteiger partial charge in [-0.2, -0.15) is 11.8 Å². The molecule has 0 radical (unpaired) electrons. The summed E-state index contributed by atoms with van der Waals surface area (Å²) in [4.78, 5) is 19.9. The van der Waals surface area contributed by atoms with E-state index in [0.29, 0.717) is 6.42 Å². The summed E-state index contributed by atoms with van der Waals surface area (Å²) in [7, 11) is 5.57. The van der Waals surface area contributed by atoms with Crippen molar-refractivity contribution in [2.75, 3.05) is 73.0 Å². The van der Waals surface area contributed by atoms with E-state index in [2.05, 4.69) is 168 Å². The lowest BCUT2D eigenvalue weighted by Crippen LogP contribution is -2.17. The van der Waals surface area contributed by atoms with Gasteiger partial charge in [0.15, 0.2) is 0 Å². The van der Waals surface area contributed by atoms with Crippen molar-refractivity contribution >= 4 is 35.7 Å². The van der Waals surface area contributed by atoms with Crippen LogP contribution in [0.1, 0.15) is 193 Å². The molecule has 1 aliphatic carbocycles. The summed E-state index contributed by atoms with van der Waals surface area (Å²) in [5.74, 6) is 1.10. The quantitative estimate of drug-likeness (QED) is 0.111. The Morgan fingerprint density at radius 3 is 1.38 bits per heavy atom. The summed E-state index contributed by atoms with van der Waals surface area (Å²) in [6.45, 7) is 40.2. The van der Waals surface area contributed by atoms with Crippen molar-refractivity contribution in [1.82, 2.24) is 25.5 Å². The number of methoxy groups -OCH3 is 1. The van der Waals surface area contributed by atoms with E-state index in [1.807, 2.05) is 151 Å². The zero-order chi connectivity index (χ0) is 66.7. The van der Waals surface area contributed by atoms with E-state index in [4.69, 9.17) is 11.6 Å². The Labute approximate surface area is 548 Å². The summed E-state index contributed by atoms with van der Waals surface area (Å²) < 4.78 is 4.54. The Bertz CT molecular complexity index is 2000. The molecule has 2 aromatic heterocycles. The van der Waals surface area contributed by atoms with Crippen LogP contribution in [0.5, 0.6) is 0 Å². The third kappa shape index (κ3) is 77.1. The fourth-order valence-corrected chi connectivity index (χ4v) is 7.08. The monoisotopic (exact) mass is 1240 g/mol. The number of ether oxygens (including phenoxy) is 1. The van der Waals surface area contributed by atoms with E-state index in [0.717, 1.165) is 74.7 Å². The smallest absolute Gasteiger partial charge is 0.119 e. The topological polar surface area (TPSA) is 79.4 Å². The molecule has 3 heterocycles. The highest BCUT2D eigenvalue weighted by Crippen LogP contribution is 2.26. The maximum Gasteiger partial charge on any atom is 0.119 e. The maximum atomic E-state index is 9.40. The fraction of sp³-hybridized carbons (Fsp3) is 0.526. The van der Waals surface area contributed by atoms with Crippen LogP contribution in [0.25, 0.3) is 6.08 Å². The molecule has 2 fully saturated rings. The van der Waals surface area contributed by atoms with Crippen molar-refractivity contribution in [1.29, 1.82) is 0 Å². The summed E-state index contributed by atoms with van der Waals surface area (Å²) >= 11 is 7.39. The molecule has 87 heavy (non-hydrogen) atoms. The summed E-state index contributed by atoms with van der Waals surface area (Å²) in [5, 5.41) is 6.76. The highest BCUT2D eigenvalue weighted by molar-refractivity contribution is 7.97. The predicted molar refractivity (Wildman–Crippen MR) is 398 cm³/mol. The van der Waals surface area contributed by atoms with E-state index in [9.17, 15) is 4.79 Å². The van der Waals surface area contributed by atoms with Crippen LogP contribution in [0, 0.1) is 19.8 Å². The number of aldehydes is 1. The molecule has 1 saturated carbocycles. The van der Waals surface area contributed by atoms with Gasteiger partial charge in [0.1, 0.15) is 6.29 Å². The first-order valence-corrected chi connectivity index (χ1v) is 34.8. The van der Waals surface area contributed by atoms with Crippen LogP contribution in [0.2, 0.25) is 5.02 Å². The number of hydrogen-bond donors (Lipinski definition) is 2. The molecule has 9 heteroatoms. The fourth-order valence-electron chi connectivity index (χ4n) is 6.83.